The summed E-state index contributed by atoms with van der Waals surface area (Å²) in [5, 5.41) is 0. The molecular formula is C15H22BrClO3S. The van der Waals surface area contributed by atoms with E-state index in [0.29, 0.717) is 18.9 Å². The molecule has 3 nitrogen and oxygen atoms in total. The fourth-order valence-electron chi connectivity index (χ4n) is 2.01. The topological polar surface area (TPSA) is 43.4 Å². The Morgan fingerprint density at radius 3 is 2.48 bits per heavy atom. The molecule has 1 rings (SSSR count). The number of unbranched alkanes of at least 4 members (excludes halogenated alkanes) is 3. The Kier molecular flexibility index (Phi) is 8.06. The number of rotatable bonds is 9. The van der Waals surface area contributed by atoms with Gasteiger partial charge in [-0.05, 0) is 42.5 Å². The molecule has 21 heavy (non-hydrogen) atoms. The fourth-order valence-corrected chi connectivity index (χ4v) is 3.27. The third kappa shape index (κ3) is 8.07. The highest BCUT2D eigenvalue weighted by Gasteiger charge is 2.08. The van der Waals surface area contributed by atoms with Crippen LogP contribution in [0.15, 0.2) is 22.7 Å². The van der Waals surface area contributed by atoms with Crippen LogP contribution in [0, 0.1) is 0 Å². The number of hydrogen-bond acceptors (Lipinski definition) is 3. The van der Waals surface area contributed by atoms with Crippen molar-refractivity contribution in [2.45, 2.75) is 45.4 Å². The number of ether oxygens (including phenoxy) is 1. The van der Waals surface area contributed by atoms with E-state index in [9.17, 15) is 8.42 Å². The molecule has 0 radical (unpaired) electrons. The Bertz CT molecular complexity index is 544. The summed E-state index contributed by atoms with van der Waals surface area (Å²) < 4.78 is 28.4. The van der Waals surface area contributed by atoms with Crippen molar-refractivity contribution < 1.29 is 13.2 Å². The Morgan fingerprint density at radius 1 is 1.19 bits per heavy atom. The molecular weight excluding hydrogens is 376 g/mol. The van der Waals surface area contributed by atoms with Crippen molar-refractivity contribution in [2.75, 3.05) is 12.4 Å². The molecule has 0 aliphatic heterocycles. The van der Waals surface area contributed by atoms with E-state index in [2.05, 4.69) is 35.8 Å². The summed E-state index contributed by atoms with van der Waals surface area (Å²) in [6.07, 6.45) is 3.32. The summed E-state index contributed by atoms with van der Waals surface area (Å²) in [5.74, 6) is 1.39. The van der Waals surface area contributed by atoms with Crippen LogP contribution in [0.25, 0.3) is 0 Å². The van der Waals surface area contributed by atoms with Crippen LogP contribution in [0.2, 0.25) is 0 Å². The Labute approximate surface area is 140 Å². The second-order valence-corrected chi connectivity index (χ2v) is 9.15. The minimum absolute atomic E-state index is 0.0552. The van der Waals surface area contributed by atoms with Gasteiger partial charge < -0.3 is 4.74 Å². The second-order valence-electron chi connectivity index (χ2n) is 5.34. The second kappa shape index (κ2) is 9.01. The molecule has 120 valence electrons. The maximum Gasteiger partial charge on any atom is 0.232 e. The molecule has 0 heterocycles. The van der Waals surface area contributed by atoms with Crippen molar-refractivity contribution in [1.29, 1.82) is 0 Å². The molecule has 1 aromatic rings. The molecule has 0 N–H and O–H groups in total. The van der Waals surface area contributed by atoms with Crippen LogP contribution in [0.4, 0.5) is 0 Å². The fraction of sp³-hybridized carbons (Fsp3) is 0.600. The lowest BCUT2D eigenvalue weighted by molar-refractivity contribution is 0.301. The predicted molar refractivity (Wildman–Crippen MR) is 91.8 cm³/mol. The molecule has 0 aliphatic carbocycles. The van der Waals surface area contributed by atoms with Crippen LogP contribution < -0.4 is 4.74 Å². The Balaban J connectivity index is 2.30. The molecule has 6 heteroatoms. The molecule has 1 aromatic carbocycles. The van der Waals surface area contributed by atoms with E-state index in [0.717, 1.165) is 29.5 Å². The van der Waals surface area contributed by atoms with Crippen molar-refractivity contribution in [2.24, 2.45) is 0 Å². The number of halogens is 2. The number of benzene rings is 1. The van der Waals surface area contributed by atoms with Gasteiger partial charge in [0.15, 0.2) is 0 Å². The molecule has 0 amide bonds. The van der Waals surface area contributed by atoms with E-state index in [4.69, 9.17) is 15.4 Å². The van der Waals surface area contributed by atoms with Crippen LogP contribution in [-0.4, -0.2) is 20.8 Å². The first kappa shape index (κ1) is 18.8. The van der Waals surface area contributed by atoms with Gasteiger partial charge >= 0.3 is 0 Å². The van der Waals surface area contributed by atoms with Crippen molar-refractivity contribution in [3.63, 3.8) is 0 Å². The van der Waals surface area contributed by atoms with Crippen LogP contribution in [0.5, 0.6) is 5.75 Å². The Morgan fingerprint density at radius 2 is 1.86 bits per heavy atom. The zero-order valence-electron chi connectivity index (χ0n) is 12.4. The highest BCUT2D eigenvalue weighted by molar-refractivity contribution is 9.10. The molecule has 0 atom stereocenters. The first-order chi connectivity index (χ1) is 9.79. The lowest BCUT2D eigenvalue weighted by Crippen LogP contribution is -2.02. The van der Waals surface area contributed by atoms with Gasteiger partial charge in [0.05, 0.1) is 12.4 Å². The normalized spacial score (nSPS) is 11.9. The van der Waals surface area contributed by atoms with Gasteiger partial charge in [-0.25, -0.2) is 8.42 Å². The molecule has 0 saturated heterocycles. The van der Waals surface area contributed by atoms with E-state index in [1.807, 2.05) is 12.1 Å². The minimum atomic E-state index is -3.34. The monoisotopic (exact) mass is 396 g/mol. The van der Waals surface area contributed by atoms with Crippen molar-refractivity contribution in [1.82, 2.24) is 0 Å². The molecule has 0 aromatic heterocycles. The van der Waals surface area contributed by atoms with Gasteiger partial charge in [0.2, 0.25) is 9.05 Å². The van der Waals surface area contributed by atoms with Gasteiger partial charge in [0, 0.05) is 15.2 Å². The average Bonchev–Trinajstić information content (AvgIpc) is 2.37. The summed E-state index contributed by atoms with van der Waals surface area (Å²) >= 11 is 3.48. The summed E-state index contributed by atoms with van der Waals surface area (Å²) in [4.78, 5) is 0. The number of hydrogen-bond donors (Lipinski definition) is 0. The highest BCUT2D eigenvalue weighted by atomic mass is 79.9. The predicted octanol–water partition coefficient (Wildman–Crippen LogP) is 5.08. The Hall–Kier alpha value is -0.260. The summed E-state index contributed by atoms with van der Waals surface area (Å²) in [6.45, 7) is 4.93. The smallest absolute Gasteiger partial charge is 0.232 e. The lowest BCUT2D eigenvalue weighted by atomic mass is 10.0. The van der Waals surface area contributed by atoms with Gasteiger partial charge in [-0.2, -0.15) is 0 Å². The molecule has 0 fully saturated rings. The maximum atomic E-state index is 10.8. The first-order valence-electron chi connectivity index (χ1n) is 7.14. The molecule has 0 unspecified atom stereocenters. The van der Waals surface area contributed by atoms with E-state index >= 15 is 0 Å². The standard InChI is InChI=1S/C15H22BrClO3S/c1-12(2)14-11-13(16)7-8-15(14)20-9-5-3-4-6-10-21(17,18)19/h7-8,11-12H,3-6,9-10H2,1-2H3. The van der Waals surface area contributed by atoms with E-state index < -0.39 is 9.05 Å². The van der Waals surface area contributed by atoms with Gasteiger partial charge in [0.25, 0.3) is 0 Å². The molecule has 0 aliphatic rings. The van der Waals surface area contributed by atoms with Crippen LogP contribution in [0.3, 0.4) is 0 Å². The zero-order valence-corrected chi connectivity index (χ0v) is 15.6. The van der Waals surface area contributed by atoms with Crippen LogP contribution in [0.1, 0.15) is 51.0 Å². The SMILES string of the molecule is CC(C)c1cc(Br)ccc1OCCCCCCS(=O)(=O)Cl. The molecule has 0 saturated carbocycles. The van der Waals surface area contributed by atoms with E-state index in [-0.39, 0.29) is 5.75 Å². The third-order valence-corrected chi connectivity index (χ3v) is 4.87. The average molecular weight is 398 g/mol. The van der Waals surface area contributed by atoms with E-state index in [1.165, 1.54) is 5.56 Å². The molecule has 0 bridgehead atoms. The van der Waals surface area contributed by atoms with Gasteiger partial charge in [0.1, 0.15) is 5.75 Å². The quantitative estimate of drug-likeness (QED) is 0.431. The summed E-state index contributed by atoms with van der Waals surface area (Å²) in [7, 11) is 1.81. The van der Waals surface area contributed by atoms with Gasteiger partial charge in [-0.3, -0.25) is 0 Å². The summed E-state index contributed by atoms with van der Waals surface area (Å²) in [6, 6.07) is 6.05. The van der Waals surface area contributed by atoms with Crippen molar-refractivity contribution >= 4 is 35.7 Å². The highest BCUT2D eigenvalue weighted by Crippen LogP contribution is 2.29. The summed E-state index contributed by atoms with van der Waals surface area (Å²) in [5.41, 5.74) is 1.19. The van der Waals surface area contributed by atoms with Gasteiger partial charge in [-0.15, -0.1) is 0 Å². The minimum Gasteiger partial charge on any atom is -0.493 e. The third-order valence-electron chi connectivity index (χ3n) is 3.13. The van der Waals surface area contributed by atoms with E-state index in [1.54, 1.807) is 0 Å². The van der Waals surface area contributed by atoms with Crippen LogP contribution >= 0.6 is 26.6 Å². The van der Waals surface area contributed by atoms with Gasteiger partial charge in [-0.1, -0.05) is 42.6 Å². The van der Waals surface area contributed by atoms with Crippen molar-refractivity contribution in [3.8, 4) is 5.75 Å². The lowest BCUT2D eigenvalue weighted by Gasteiger charge is -2.14. The van der Waals surface area contributed by atoms with Crippen LogP contribution in [-0.2, 0) is 9.05 Å². The largest absolute Gasteiger partial charge is 0.493 e. The zero-order chi connectivity index (χ0) is 15.9. The maximum absolute atomic E-state index is 10.8. The first-order valence-corrected chi connectivity index (χ1v) is 10.4. The molecule has 0 spiro atoms. The van der Waals surface area contributed by atoms with Crippen molar-refractivity contribution in [3.05, 3.63) is 28.2 Å².